The van der Waals surface area contributed by atoms with Crippen LogP contribution in [0.5, 0.6) is 0 Å². The SMILES string of the molecule is Cc1n[nH]c(C)c1CC(=O)N1CC[C@@](C)(O)[C@@H](O)C1. The van der Waals surface area contributed by atoms with Gasteiger partial charge in [-0.15, -0.1) is 0 Å². The third kappa shape index (κ3) is 2.79. The second kappa shape index (κ2) is 4.94. The normalized spacial score (nSPS) is 27.6. The van der Waals surface area contributed by atoms with Gasteiger partial charge in [0.05, 0.1) is 23.8 Å². The van der Waals surface area contributed by atoms with Crippen molar-refractivity contribution >= 4 is 5.91 Å². The van der Waals surface area contributed by atoms with Crippen molar-refractivity contribution in [1.29, 1.82) is 0 Å². The van der Waals surface area contributed by atoms with Crippen molar-refractivity contribution in [2.45, 2.75) is 45.3 Å². The molecule has 1 aromatic rings. The molecule has 0 bridgehead atoms. The first-order chi connectivity index (χ1) is 8.81. The Hall–Kier alpha value is -1.40. The van der Waals surface area contributed by atoms with Crippen molar-refractivity contribution in [1.82, 2.24) is 15.1 Å². The van der Waals surface area contributed by atoms with Crippen molar-refractivity contribution in [3.05, 3.63) is 17.0 Å². The minimum Gasteiger partial charge on any atom is -0.388 e. The summed E-state index contributed by atoms with van der Waals surface area (Å²) in [5.74, 6) is -0.0397. The van der Waals surface area contributed by atoms with Crippen LogP contribution >= 0.6 is 0 Å². The maximum Gasteiger partial charge on any atom is 0.227 e. The zero-order valence-corrected chi connectivity index (χ0v) is 11.6. The second-order valence-electron chi connectivity index (χ2n) is 5.55. The molecule has 0 spiro atoms. The number of piperidine rings is 1. The van der Waals surface area contributed by atoms with Crippen LogP contribution in [0.2, 0.25) is 0 Å². The highest BCUT2D eigenvalue weighted by Gasteiger charge is 2.37. The number of rotatable bonds is 2. The highest BCUT2D eigenvalue weighted by Crippen LogP contribution is 2.23. The minimum absolute atomic E-state index is 0.0397. The summed E-state index contributed by atoms with van der Waals surface area (Å²) in [4.78, 5) is 13.8. The van der Waals surface area contributed by atoms with Gasteiger partial charge >= 0.3 is 0 Å². The van der Waals surface area contributed by atoms with Crippen LogP contribution in [-0.4, -0.2) is 56.0 Å². The number of hydrogen-bond donors (Lipinski definition) is 3. The summed E-state index contributed by atoms with van der Waals surface area (Å²) < 4.78 is 0. The first kappa shape index (κ1) is 14.0. The Balaban J connectivity index is 2.02. The Bertz CT molecular complexity index is 462. The third-order valence-corrected chi connectivity index (χ3v) is 3.96. The number of aromatic nitrogens is 2. The van der Waals surface area contributed by atoms with Gasteiger partial charge in [0.1, 0.15) is 0 Å². The molecule has 19 heavy (non-hydrogen) atoms. The van der Waals surface area contributed by atoms with Crippen molar-refractivity contribution < 1.29 is 15.0 Å². The molecule has 1 aromatic heterocycles. The van der Waals surface area contributed by atoms with E-state index in [2.05, 4.69) is 10.2 Å². The fourth-order valence-electron chi connectivity index (χ4n) is 2.35. The van der Waals surface area contributed by atoms with E-state index < -0.39 is 11.7 Å². The number of nitrogens with one attached hydrogen (secondary N) is 1. The minimum atomic E-state index is -1.10. The van der Waals surface area contributed by atoms with Gasteiger partial charge in [0.15, 0.2) is 0 Å². The van der Waals surface area contributed by atoms with Gasteiger partial charge in [0.25, 0.3) is 0 Å². The Morgan fingerprint density at radius 3 is 2.79 bits per heavy atom. The molecular weight excluding hydrogens is 246 g/mol. The van der Waals surface area contributed by atoms with Gasteiger partial charge in [-0.2, -0.15) is 5.10 Å². The van der Waals surface area contributed by atoms with Gasteiger partial charge in [-0.05, 0) is 27.2 Å². The number of carbonyl (C=O) groups excluding carboxylic acids is 1. The Morgan fingerprint density at radius 2 is 2.26 bits per heavy atom. The molecular formula is C13H21N3O3. The van der Waals surface area contributed by atoms with Gasteiger partial charge in [-0.1, -0.05) is 0 Å². The van der Waals surface area contributed by atoms with Gasteiger partial charge < -0.3 is 15.1 Å². The van der Waals surface area contributed by atoms with Crippen LogP contribution in [0.25, 0.3) is 0 Å². The van der Waals surface area contributed by atoms with Crippen LogP contribution in [-0.2, 0) is 11.2 Å². The van der Waals surface area contributed by atoms with Crippen molar-refractivity contribution in [2.24, 2.45) is 0 Å². The van der Waals surface area contributed by atoms with Crippen molar-refractivity contribution in [2.75, 3.05) is 13.1 Å². The number of nitrogens with zero attached hydrogens (tertiary/aromatic N) is 2. The number of likely N-dealkylation sites (tertiary alicyclic amines) is 1. The molecule has 1 saturated heterocycles. The summed E-state index contributed by atoms with van der Waals surface area (Å²) in [6, 6.07) is 0. The molecule has 2 atom stereocenters. The number of hydrogen-bond acceptors (Lipinski definition) is 4. The van der Waals surface area contributed by atoms with Gasteiger partial charge in [0, 0.05) is 24.3 Å². The predicted molar refractivity (Wildman–Crippen MR) is 69.6 cm³/mol. The zero-order chi connectivity index (χ0) is 14.2. The molecule has 1 amide bonds. The molecule has 0 aromatic carbocycles. The van der Waals surface area contributed by atoms with Crippen molar-refractivity contribution in [3.63, 3.8) is 0 Å². The predicted octanol–water partition coefficient (Wildman–Crippen LogP) is -0.0868. The van der Waals surface area contributed by atoms with E-state index in [0.29, 0.717) is 13.0 Å². The number of H-pyrrole nitrogens is 1. The number of aryl methyl sites for hydroxylation is 2. The van der Waals surface area contributed by atoms with Crippen LogP contribution in [0.15, 0.2) is 0 Å². The summed E-state index contributed by atoms with van der Waals surface area (Å²) in [5, 5.41) is 26.6. The summed E-state index contributed by atoms with van der Waals surface area (Å²) >= 11 is 0. The van der Waals surface area contributed by atoms with E-state index in [1.165, 1.54) is 0 Å². The first-order valence-electron chi connectivity index (χ1n) is 6.50. The summed E-state index contributed by atoms with van der Waals surface area (Å²) in [5.41, 5.74) is 1.54. The molecule has 2 rings (SSSR count). The second-order valence-corrected chi connectivity index (χ2v) is 5.55. The van der Waals surface area contributed by atoms with E-state index in [1.54, 1.807) is 11.8 Å². The Morgan fingerprint density at radius 1 is 1.58 bits per heavy atom. The number of aromatic amines is 1. The summed E-state index contributed by atoms with van der Waals surface area (Å²) in [7, 11) is 0. The topological polar surface area (TPSA) is 89.5 Å². The standard InChI is InChI=1S/C13H21N3O3/c1-8-10(9(2)15-14-8)6-12(18)16-5-4-13(3,19)11(17)7-16/h11,17,19H,4-7H2,1-3H3,(H,14,15)/t11-,13+/m0/s1. The third-order valence-electron chi connectivity index (χ3n) is 3.96. The molecule has 6 nitrogen and oxygen atoms in total. The van der Waals surface area contributed by atoms with E-state index in [4.69, 9.17) is 0 Å². The quantitative estimate of drug-likeness (QED) is 0.699. The average Bonchev–Trinajstić information content (AvgIpc) is 2.64. The molecule has 6 heteroatoms. The Labute approximate surface area is 112 Å². The van der Waals surface area contributed by atoms with Gasteiger partial charge in [-0.25, -0.2) is 0 Å². The van der Waals surface area contributed by atoms with E-state index in [1.807, 2.05) is 13.8 Å². The molecule has 106 valence electrons. The molecule has 1 aliphatic rings. The van der Waals surface area contributed by atoms with E-state index in [9.17, 15) is 15.0 Å². The maximum absolute atomic E-state index is 12.2. The molecule has 1 aliphatic heterocycles. The highest BCUT2D eigenvalue weighted by molar-refractivity contribution is 5.79. The largest absolute Gasteiger partial charge is 0.388 e. The molecule has 0 radical (unpaired) electrons. The molecule has 0 unspecified atom stereocenters. The molecule has 1 fully saturated rings. The van der Waals surface area contributed by atoms with E-state index in [-0.39, 0.29) is 18.9 Å². The van der Waals surface area contributed by atoms with Gasteiger partial charge in [-0.3, -0.25) is 9.89 Å². The Kier molecular flexibility index (Phi) is 3.64. The van der Waals surface area contributed by atoms with Crippen LogP contribution < -0.4 is 0 Å². The van der Waals surface area contributed by atoms with Crippen molar-refractivity contribution in [3.8, 4) is 0 Å². The number of aliphatic hydroxyl groups is 2. The summed E-state index contributed by atoms with van der Waals surface area (Å²) in [6.07, 6.45) is -0.219. The lowest BCUT2D eigenvalue weighted by molar-refractivity contribution is -0.145. The number of carbonyl (C=O) groups is 1. The molecule has 0 saturated carbocycles. The fraction of sp³-hybridized carbons (Fsp3) is 0.692. The number of amides is 1. The fourth-order valence-corrected chi connectivity index (χ4v) is 2.35. The first-order valence-corrected chi connectivity index (χ1v) is 6.50. The average molecular weight is 267 g/mol. The molecule has 0 aliphatic carbocycles. The molecule has 2 heterocycles. The lowest BCUT2D eigenvalue weighted by Crippen LogP contribution is -2.55. The molecule has 3 N–H and O–H groups in total. The number of aliphatic hydroxyl groups excluding tert-OH is 1. The zero-order valence-electron chi connectivity index (χ0n) is 11.6. The maximum atomic E-state index is 12.2. The smallest absolute Gasteiger partial charge is 0.227 e. The van der Waals surface area contributed by atoms with Crippen LogP contribution in [0, 0.1) is 13.8 Å². The lowest BCUT2D eigenvalue weighted by atomic mass is 9.90. The monoisotopic (exact) mass is 267 g/mol. The number of β-amino-alcohol motifs (C(OH)–C–C–N with tert-alkyl or cyclic N) is 1. The lowest BCUT2D eigenvalue weighted by Gasteiger charge is -2.40. The van der Waals surface area contributed by atoms with E-state index >= 15 is 0 Å². The van der Waals surface area contributed by atoms with Crippen LogP contribution in [0.3, 0.4) is 0 Å². The van der Waals surface area contributed by atoms with Crippen LogP contribution in [0.4, 0.5) is 0 Å². The highest BCUT2D eigenvalue weighted by atomic mass is 16.3. The van der Waals surface area contributed by atoms with Crippen LogP contribution in [0.1, 0.15) is 30.3 Å². The summed E-state index contributed by atoms with van der Waals surface area (Å²) in [6.45, 7) is 6.00. The van der Waals surface area contributed by atoms with E-state index in [0.717, 1.165) is 17.0 Å². The van der Waals surface area contributed by atoms with Gasteiger partial charge in [0.2, 0.25) is 5.91 Å².